The molecule has 5 heteroatoms. The van der Waals surface area contributed by atoms with Gasteiger partial charge in [0.05, 0.1) is 11.1 Å². The molecule has 0 atom stereocenters. The molecular weight excluding hydrogens is 224 g/mol. The van der Waals surface area contributed by atoms with E-state index in [2.05, 4.69) is 9.59 Å². The SMILES string of the molecule is O=C(O)CC1(c2ccc3snnc3c2)CC1. The van der Waals surface area contributed by atoms with E-state index in [0.717, 1.165) is 28.6 Å². The predicted molar refractivity (Wildman–Crippen MR) is 60.6 cm³/mol. The lowest BCUT2D eigenvalue weighted by Crippen LogP contribution is -2.12. The van der Waals surface area contributed by atoms with Crippen molar-refractivity contribution in [3.05, 3.63) is 23.8 Å². The molecule has 82 valence electrons. The predicted octanol–water partition coefficient (Wildman–Crippen LogP) is 2.20. The van der Waals surface area contributed by atoms with Gasteiger partial charge in [-0.3, -0.25) is 4.79 Å². The van der Waals surface area contributed by atoms with Crippen LogP contribution in [0.25, 0.3) is 10.2 Å². The molecule has 3 rings (SSSR count). The third-order valence-corrected chi connectivity index (χ3v) is 3.91. The van der Waals surface area contributed by atoms with Crippen LogP contribution in [0, 0.1) is 0 Å². The van der Waals surface area contributed by atoms with Crippen LogP contribution in [0.2, 0.25) is 0 Å². The minimum absolute atomic E-state index is 0.135. The average molecular weight is 234 g/mol. The molecular formula is C11H10N2O2S. The maximum absolute atomic E-state index is 10.8. The largest absolute Gasteiger partial charge is 0.481 e. The number of carboxylic acid groups (broad SMARTS) is 1. The number of aromatic nitrogens is 2. The molecule has 1 heterocycles. The number of carbonyl (C=O) groups is 1. The highest BCUT2D eigenvalue weighted by atomic mass is 32.1. The molecule has 1 saturated carbocycles. The van der Waals surface area contributed by atoms with Gasteiger partial charge in [-0.15, -0.1) is 5.10 Å². The molecule has 0 radical (unpaired) electrons. The number of nitrogens with zero attached hydrogens (tertiary/aromatic N) is 2. The molecule has 1 aliphatic rings. The van der Waals surface area contributed by atoms with Gasteiger partial charge in [0.15, 0.2) is 0 Å². The van der Waals surface area contributed by atoms with Crippen molar-refractivity contribution in [2.75, 3.05) is 0 Å². The van der Waals surface area contributed by atoms with Gasteiger partial charge in [-0.25, -0.2) is 0 Å². The molecule has 16 heavy (non-hydrogen) atoms. The van der Waals surface area contributed by atoms with Crippen molar-refractivity contribution < 1.29 is 9.90 Å². The number of rotatable bonds is 3. The molecule has 4 nitrogen and oxygen atoms in total. The fourth-order valence-electron chi connectivity index (χ4n) is 2.12. The van der Waals surface area contributed by atoms with Crippen LogP contribution >= 0.6 is 11.5 Å². The van der Waals surface area contributed by atoms with Crippen molar-refractivity contribution in [1.29, 1.82) is 0 Å². The average Bonchev–Trinajstić information content (AvgIpc) is 2.87. The topological polar surface area (TPSA) is 63.1 Å². The molecule has 0 unspecified atom stereocenters. The third-order valence-electron chi connectivity index (χ3n) is 3.20. The number of aliphatic carboxylic acids is 1. The number of hydrogen-bond acceptors (Lipinski definition) is 4. The molecule has 0 bridgehead atoms. The zero-order valence-electron chi connectivity index (χ0n) is 8.51. The number of benzene rings is 1. The standard InChI is InChI=1S/C11H10N2O2S/c14-10(15)6-11(3-4-11)7-1-2-9-8(5-7)12-13-16-9/h1-2,5H,3-4,6H2,(H,14,15). The molecule has 0 aliphatic heterocycles. The second kappa shape index (κ2) is 3.25. The first-order chi connectivity index (χ1) is 7.70. The number of carboxylic acids is 1. The maximum atomic E-state index is 10.8. The van der Waals surface area contributed by atoms with Crippen molar-refractivity contribution in [2.45, 2.75) is 24.7 Å². The van der Waals surface area contributed by atoms with Crippen LogP contribution in [0.5, 0.6) is 0 Å². The normalized spacial score (nSPS) is 17.5. The van der Waals surface area contributed by atoms with Crippen molar-refractivity contribution >= 4 is 27.7 Å². The summed E-state index contributed by atoms with van der Waals surface area (Å²) >= 11 is 1.36. The summed E-state index contributed by atoms with van der Waals surface area (Å²) in [5.74, 6) is -0.728. The van der Waals surface area contributed by atoms with Crippen LogP contribution in [0.3, 0.4) is 0 Å². The van der Waals surface area contributed by atoms with E-state index in [1.54, 1.807) is 0 Å². The molecule has 2 aromatic rings. The molecule has 1 aliphatic carbocycles. The van der Waals surface area contributed by atoms with E-state index < -0.39 is 5.97 Å². The van der Waals surface area contributed by atoms with Crippen LogP contribution in [0.1, 0.15) is 24.8 Å². The minimum Gasteiger partial charge on any atom is -0.481 e. The highest BCUT2D eigenvalue weighted by Gasteiger charge is 2.46. The Kier molecular flexibility index (Phi) is 1.97. The Morgan fingerprint density at radius 1 is 1.50 bits per heavy atom. The zero-order valence-corrected chi connectivity index (χ0v) is 9.33. The first-order valence-corrected chi connectivity index (χ1v) is 5.91. The molecule has 0 amide bonds. The molecule has 1 N–H and O–H groups in total. The maximum Gasteiger partial charge on any atom is 0.304 e. The van der Waals surface area contributed by atoms with Crippen LogP contribution in [-0.2, 0) is 10.2 Å². The first kappa shape index (κ1) is 9.72. The van der Waals surface area contributed by atoms with Gasteiger partial charge in [-0.1, -0.05) is 10.6 Å². The Balaban J connectivity index is 2.02. The van der Waals surface area contributed by atoms with Crippen LogP contribution in [0.15, 0.2) is 18.2 Å². The number of fused-ring (bicyclic) bond motifs is 1. The Morgan fingerprint density at radius 3 is 3.00 bits per heavy atom. The quantitative estimate of drug-likeness (QED) is 0.884. The summed E-state index contributed by atoms with van der Waals surface area (Å²) in [6.45, 7) is 0. The smallest absolute Gasteiger partial charge is 0.304 e. The second-order valence-electron chi connectivity index (χ2n) is 4.31. The molecule has 1 fully saturated rings. The van der Waals surface area contributed by atoms with E-state index in [-0.39, 0.29) is 11.8 Å². The van der Waals surface area contributed by atoms with E-state index in [9.17, 15) is 4.79 Å². The van der Waals surface area contributed by atoms with Gasteiger partial charge in [-0.2, -0.15) is 0 Å². The fourth-order valence-corrected chi connectivity index (χ4v) is 2.66. The van der Waals surface area contributed by atoms with Gasteiger partial charge in [-0.05, 0) is 42.1 Å². The van der Waals surface area contributed by atoms with Crippen LogP contribution in [0.4, 0.5) is 0 Å². The van der Waals surface area contributed by atoms with E-state index in [0.29, 0.717) is 0 Å². The lowest BCUT2D eigenvalue weighted by atomic mass is 9.92. The summed E-state index contributed by atoms with van der Waals surface area (Å²) in [6, 6.07) is 5.98. The van der Waals surface area contributed by atoms with E-state index in [1.165, 1.54) is 11.5 Å². The Morgan fingerprint density at radius 2 is 2.31 bits per heavy atom. The number of hydrogen-bond donors (Lipinski definition) is 1. The summed E-state index contributed by atoms with van der Waals surface area (Å²) < 4.78 is 4.93. The van der Waals surface area contributed by atoms with Crippen molar-refractivity contribution in [3.8, 4) is 0 Å². The van der Waals surface area contributed by atoms with E-state index in [4.69, 9.17) is 5.11 Å². The highest BCUT2D eigenvalue weighted by Crippen LogP contribution is 2.51. The van der Waals surface area contributed by atoms with E-state index >= 15 is 0 Å². The van der Waals surface area contributed by atoms with Crippen molar-refractivity contribution in [2.24, 2.45) is 0 Å². The summed E-state index contributed by atoms with van der Waals surface area (Å²) in [5, 5.41) is 12.9. The third kappa shape index (κ3) is 1.48. The monoisotopic (exact) mass is 234 g/mol. The summed E-state index contributed by atoms with van der Waals surface area (Å²) in [7, 11) is 0. The second-order valence-corrected chi connectivity index (χ2v) is 5.09. The fraction of sp³-hybridized carbons (Fsp3) is 0.364. The summed E-state index contributed by atoms with van der Waals surface area (Å²) in [4.78, 5) is 10.8. The van der Waals surface area contributed by atoms with Gasteiger partial charge >= 0.3 is 5.97 Å². The van der Waals surface area contributed by atoms with Gasteiger partial charge in [0, 0.05) is 5.41 Å². The van der Waals surface area contributed by atoms with Gasteiger partial charge < -0.3 is 5.11 Å². The zero-order chi connectivity index (χ0) is 11.2. The lowest BCUT2D eigenvalue weighted by molar-refractivity contribution is -0.137. The van der Waals surface area contributed by atoms with Gasteiger partial charge in [0.1, 0.15) is 5.52 Å². The molecule has 1 aromatic carbocycles. The summed E-state index contributed by atoms with van der Waals surface area (Å²) in [5.41, 5.74) is 1.83. The van der Waals surface area contributed by atoms with Gasteiger partial charge in [0.2, 0.25) is 0 Å². The Hall–Kier alpha value is -1.49. The van der Waals surface area contributed by atoms with Crippen LogP contribution < -0.4 is 0 Å². The van der Waals surface area contributed by atoms with Gasteiger partial charge in [0.25, 0.3) is 0 Å². The molecule has 0 spiro atoms. The minimum atomic E-state index is -0.728. The summed E-state index contributed by atoms with van der Waals surface area (Å²) in [6.07, 6.45) is 2.14. The van der Waals surface area contributed by atoms with Crippen molar-refractivity contribution in [1.82, 2.24) is 9.59 Å². The van der Waals surface area contributed by atoms with Crippen molar-refractivity contribution in [3.63, 3.8) is 0 Å². The Labute approximate surface area is 96.1 Å². The first-order valence-electron chi connectivity index (χ1n) is 5.14. The molecule has 0 saturated heterocycles. The lowest BCUT2D eigenvalue weighted by Gasteiger charge is -2.12. The van der Waals surface area contributed by atoms with Crippen LogP contribution in [-0.4, -0.2) is 20.7 Å². The highest BCUT2D eigenvalue weighted by molar-refractivity contribution is 7.12. The molecule has 1 aromatic heterocycles. The van der Waals surface area contributed by atoms with E-state index in [1.807, 2.05) is 18.2 Å². The Bertz CT molecular complexity index is 560.